The molecule has 0 bridgehead atoms. The summed E-state index contributed by atoms with van der Waals surface area (Å²) in [6.07, 6.45) is 5.86. The Morgan fingerprint density at radius 2 is 2.11 bits per heavy atom. The quantitative estimate of drug-likeness (QED) is 0.867. The second-order valence-corrected chi connectivity index (χ2v) is 5.03. The van der Waals surface area contributed by atoms with Gasteiger partial charge in [-0.3, -0.25) is 4.79 Å². The number of carbonyl (C=O) groups is 1. The third-order valence-corrected chi connectivity index (χ3v) is 3.71. The van der Waals surface area contributed by atoms with Crippen LogP contribution in [0.25, 0.3) is 0 Å². The first-order valence-electron chi connectivity index (χ1n) is 6.55. The molecule has 3 rings (SSSR count). The van der Waals surface area contributed by atoms with Gasteiger partial charge < -0.3 is 10.5 Å². The number of carbonyl (C=O) groups excluding carboxylic acids is 1. The summed E-state index contributed by atoms with van der Waals surface area (Å²) in [4.78, 5) is 19.9. The number of hydrogen-bond donors (Lipinski definition) is 1. The molecule has 1 aromatic heterocycles. The highest BCUT2D eigenvalue weighted by molar-refractivity contribution is 5.75. The van der Waals surface area contributed by atoms with Gasteiger partial charge in [-0.1, -0.05) is 12.8 Å². The molecular weight excluding hydrogens is 230 g/mol. The van der Waals surface area contributed by atoms with E-state index in [1.54, 1.807) is 0 Å². The van der Waals surface area contributed by atoms with Crippen LogP contribution in [0.3, 0.4) is 0 Å². The third kappa shape index (κ3) is 2.05. The fourth-order valence-corrected chi connectivity index (χ4v) is 2.90. The lowest BCUT2D eigenvalue weighted by Crippen LogP contribution is -2.17. The van der Waals surface area contributed by atoms with Crippen molar-refractivity contribution in [2.45, 2.75) is 44.4 Å². The van der Waals surface area contributed by atoms with Gasteiger partial charge in [0.25, 0.3) is 0 Å². The molecule has 18 heavy (non-hydrogen) atoms. The van der Waals surface area contributed by atoms with Gasteiger partial charge in [-0.05, 0) is 12.8 Å². The van der Waals surface area contributed by atoms with Crippen LogP contribution in [-0.2, 0) is 17.6 Å². The maximum atomic E-state index is 11.0. The number of nitrogens with zero attached hydrogens (tertiary/aromatic N) is 2. The monoisotopic (exact) mass is 247 g/mol. The molecule has 0 radical (unpaired) electrons. The molecule has 2 heterocycles. The van der Waals surface area contributed by atoms with Crippen LogP contribution in [0.1, 0.15) is 48.7 Å². The number of amides is 1. The average molecular weight is 247 g/mol. The molecule has 1 saturated carbocycles. The van der Waals surface area contributed by atoms with Crippen molar-refractivity contribution in [1.29, 1.82) is 0 Å². The molecule has 1 aliphatic carbocycles. The largest absolute Gasteiger partial charge is 0.477 e. The fourth-order valence-electron chi connectivity index (χ4n) is 2.90. The topological polar surface area (TPSA) is 78.1 Å². The highest BCUT2D eigenvalue weighted by Crippen LogP contribution is 2.38. The summed E-state index contributed by atoms with van der Waals surface area (Å²) in [6, 6.07) is 0. The minimum atomic E-state index is -0.398. The van der Waals surface area contributed by atoms with Gasteiger partial charge in [-0.25, -0.2) is 4.98 Å². The maximum Gasteiger partial charge on any atom is 0.225 e. The van der Waals surface area contributed by atoms with Crippen LogP contribution in [0, 0.1) is 0 Å². The Hall–Kier alpha value is -1.65. The van der Waals surface area contributed by atoms with E-state index in [1.807, 2.05) is 0 Å². The number of fused-ring (bicyclic) bond motifs is 1. The van der Waals surface area contributed by atoms with Gasteiger partial charge in [0.1, 0.15) is 5.82 Å². The molecular formula is C13H17N3O2. The minimum Gasteiger partial charge on any atom is -0.477 e. The molecule has 1 aromatic rings. The predicted octanol–water partition coefficient (Wildman–Crippen LogP) is 1.10. The number of hydrogen-bond acceptors (Lipinski definition) is 4. The highest BCUT2D eigenvalue weighted by atomic mass is 16.5. The summed E-state index contributed by atoms with van der Waals surface area (Å²) in [5.74, 6) is 1.29. The van der Waals surface area contributed by atoms with Crippen LogP contribution >= 0.6 is 0 Å². The van der Waals surface area contributed by atoms with Crippen LogP contribution in [0.4, 0.5) is 0 Å². The van der Waals surface area contributed by atoms with Crippen molar-refractivity contribution in [3.05, 3.63) is 17.1 Å². The summed E-state index contributed by atoms with van der Waals surface area (Å²) < 4.78 is 5.52. The van der Waals surface area contributed by atoms with E-state index in [-0.39, 0.29) is 6.42 Å². The zero-order valence-corrected chi connectivity index (χ0v) is 10.3. The molecule has 2 aliphatic rings. The number of primary amides is 1. The van der Waals surface area contributed by atoms with E-state index in [1.165, 1.54) is 25.7 Å². The Balaban J connectivity index is 1.99. The Kier molecular flexibility index (Phi) is 2.89. The van der Waals surface area contributed by atoms with Gasteiger partial charge >= 0.3 is 0 Å². The smallest absolute Gasteiger partial charge is 0.225 e. The van der Waals surface area contributed by atoms with Crippen molar-refractivity contribution in [3.8, 4) is 5.88 Å². The van der Waals surface area contributed by atoms with Crippen molar-refractivity contribution < 1.29 is 9.53 Å². The SMILES string of the molecule is NC(=O)Cc1nc2c(c(C3CCCC3)n1)CCO2. The molecule has 1 amide bonds. The summed E-state index contributed by atoms with van der Waals surface area (Å²) in [5.41, 5.74) is 7.46. The number of rotatable bonds is 3. The van der Waals surface area contributed by atoms with E-state index < -0.39 is 5.91 Å². The molecule has 0 atom stereocenters. The Bertz CT molecular complexity index is 481. The fraction of sp³-hybridized carbons (Fsp3) is 0.615. The van der Waals surface area contributed by atoms with Gasteiger partial charge in [0.05, 0.1) is 18.7 Å². The Labute approximate surface area is 106 Å². The molecule has 1 aliphatic heterocycles. The van der Waals surface area contributed by atoms with Crippen LogP contribution in [0.5, 0.6) is 5.88 Å². The second-order valence-electron chi connectivity index (χ2n) is 5.03. The van der Waals surface area contributed by atoms with E-state index in [0.717, 1.165) is 17.7 Å². The van der Waals surface area contributed by atoms with E-state index >= 15 is 0 Å². The van der Waals surface area contributed by atoms with E-state index in [2.05, 4.69) is 9.97 Å². The van der Waals surface area contributed by atoms with Gasteiger partial charge in [-0.2, -0.15) is 4.98 Å². The first-order chi connectivity index (χ1) is 8.74. The summed E-state index contributed by atoms with van der Waals surface area (Å²) >= 11 is 0. The lowest BCUT2D eigenvalue weighted by molar-refractivity contribution is -0.117. The Morgan fingerprint density at radius 1 is 1.33 bits per heavy atom. The molecule has 1 fully saturated rings. The van der Waals surface area contributed by atoms with Gasteiger partial charge in [0.15, 0.2) is 0 Å². The van der Waals surface area contributed by atoms with Crippen LogP contribution in [0.2, 0.25) is 0 Å². The molecule has 5 nitrogen and oxygen atoms in total. The molecule has 96 valence electrons. The van der Waals surface area contributed by atoms with E-state index in [0.29, 0.717) is 24.2 Å². The molecule has 0 aromatic carbocycles. The van der Waals surface area contributed by atoms with Crippen molar-refractivity contribution >= 4 is 5.91 Å². The lowest BCUT2D eigenvalue weighted by Gasteiger charge is -2.13. The summed E-state index contributed by atoms with van der Waals surface area (Å²) in [5, 5.41) is 0. The molecule has 5 heteroatoms. The number of ether oxygens (including phenoxy) is 1. The molecule has 0 unspecified atom stereocenters. The van der Waals surface area contributed by atoms with Crippen LogP contribution < -0.4 is 10.5 Å². The van der Waals surface area contributed by atoms with Crippen LogP contribution in [-0.4, -0.2) is 22.5 Å². The number of aromatic nitrogens is 2. The van der Waals surface area contributed by atoms with Crippen molar-refractivity contribution in [3.63, 3.8) is 0 Å². The summed E-state index contributed by atoms with van der Waals surface area (Å²) in [6.45, 7) is 0.670. The van der Waals surface area contributed by atoms with Gasteiger partial charge in [0.2, 0.25) is 11.8 Å². The standard InChI is InChI=1S/C13H17N3O2/c14-10(17)7-11-15-12(8-3-1-2-4-8)9-5-6-18-13(9)16-11/h8H,1-7H2,(H2,14,17). The van der Waals surface area contributed by atoms with Crippen molar-refractivity contribution in [1.82, 2.24) is 9.97 Å². The lowest BCUT2D eigenvalue weighted by atomic mass is 9.98. The van der Waals surface area contributed by atoms with E-state index in [4.69, 9.17) is 10.5 Å². The Morgan fingerprint density at radius 3 is 2.83 bits per heavy atom. The van der Waals surface area contributed by atoms with E-state index in [9.17, 15) is 4.79 Å². The first-order valence-corrected chi connectivity index (χ1v) is 6.55. The molecule has 0 saturated heterocycles. The zero-order valence-electron chi connectivity index (χ0n) is 10.3. The van der Waals surface area contributed by atoms with Crippen molar-refractivity contribution in [2.24, 2.45) is 5.73 Å². The molecule has 0 spiro atoms. The zero-order chi connectivity index (χ0) is 12.5. The average Bonchev–Trinajstić information content (AvgIpc) is 2.97. The van der Waals surface area contributed by atoms with Gasteiger partial charge in [-0.15, -0.1) is 0 Å². The highest BCUT2D eigenvalue weighted by Gasteiger charge is 2.28. The second kappa shape index (κ2) is 4.55. The van der Waals surface area contributed by atoms with Gasteiger partial charge in [0, 0.05) is 17.9 Å². The normalized spacial score (nSPS) is 18.7. The van der Waals surface area contributed by atoms with Crippen LogP contribution in [0.15, 0.2) is 0 Å². The number of nitrogens with two attached hydrogens (primary N) is 1. The predicted molar refractivity (Wildman–Crippen MR) is 65.3 cm³/mol. The van der Waals surface area contributed by atoms with Crippen molar-refractivity contribution in [2.75, 3.05) is 6.61 Å². The first kappa shape index (κ1) is 11.4. The maximum absolute atomic E-state index is 11.0. The molecule has 2 N–H and O–H groups in total. The minimum absolute atomic E-state index is 0.0936. The summed E-state index contributed by atoms with van der Waals surface area (Å²) in [7, 11) is 0. The third-order valence-electron chi connectivity index (χ3n) is 3.71.